The number of hydrogen-bond acceptors (Lipinski definition) is 2. The molecule has 0 fully saturated rings. The fourth-order valence-electron chi connectivity index (χ4n) is 2.35. The van der Waals surface area contributed by atoms with Crippen molar-refractivity contribution in [3.05, 3.63) is 29.5 Å². The minimum absolute atomic E-state index is 0.0473. The van der Waals surface area contributed by atoms with Crippen molar-refractivity contribution in [2.75, 3.05) is 20.7 Å². The fourth-order valence-corrected chi connectivity index (χ4v) is 2.35. The molecule has 0 aliphatic carbocycles. The van der Waals surface area contributed by atoms with Crippen LogP contribution in [-0.2, 0) is 0 Å². The van der Waals surface area contributed by atoms with Crippen LogP contribution in [0, 0.1) is 6.92 Å². The van der Waals surface area contributed by atoms with E-state index < -0.39 is 0 Å². The molecule has 0 aliphatic rings. The summed E-state index contributed by atoms with van der Waals surface area (Å²) in [5.41, 5.74) is 2.61. The molecular weight excluding hydrogens is 252 g/mol. The van der Waals surface area contributed by atoms with Crippen LogP contribution >= 0.6 is 0 Å². The van der Waals surface area contributed by atoms with E-state index in [2.05, 4.69) is 11.9 Å². The lowest BCUT2D eigenvalue weighted by Gasteiger charge is -2.16. The van der Waals surface area contributed by atoms with Crippen molar-refractivity contribution < 1.29 is 9.53 Å². The van der Waals surface area contributed by atoms with Crippen LogP contribution in [0.5, 0.6) is 5.75 Å². The first-order chi connectivity index (χ1) is 9.58. The van der Waals surface area contributed by atoms with Gasteiger partial charge >= 0.3 is 0 Å². The number of unbranched alkanes of at least 4 members (excludes halogenated alkanes) is 1. The molecule has 1 heterocycles. The van der Waals surface area contributed by atoms with E-state index in [9.17, 15) is 4.79 Å². The number of benzene rings is 1. The van der Waals surface area contributed by atoms with Gasteiger partial charge in [0.05, 0.1) is 7.11 Å². The van der Waals surface area contributed by atoms with E-state index in [-0.39, 0.29) is 5.91 Å². The first-order valence-corrected chi connectivity index (χ1v) is 7.00. The number of ether oxygens (including phenoxy) is 1. The van der Waals surface area contributed by atoms with Gasteiger partial charge in [-0.05, 0) is 31.0 Å². The highest BCUT2D eigenvalue weighted by molar-refractivity contribution is 6.01. The van der Waals surface area contributed by atoms with Crippen molar-refractivity contribution in [3.63, 3.8) is 0 Å². The summed E-state index contributed by atoms with van der Waals surface area (Å²) in [7, 11) is 3.49. The van der Waals surface area contributed by atoms with Crippen LogP contribution in [0.2, 0.25) is 0 Å². The number of fused-ring (bicyclic) bond motifs is 1. The number of hydrogen-bond donors (Lipinski definition) is 1. The Morgan fingerprint density at radius 1 is 1.40 bits per heavy atom. The summed E-state index contributed by atoms with van der Waals surface area (Å²) in [6.07, 6.45) is 2.11. The van der Waals surface area contributed by atoms with Gasteiger partial charge in [0.2, 0.25) is 0 Å². The molecule has 1 amide bonds. The summed E-state index contributed by atoms with van der Waals surface area (Å²) < 4.78 is 5.22. The largest absolute Gasteiger partial charge is 0.497 e. The van der Waals surface area contributed by atoms with Crippen molar-refractivity contribution >= 4 is 16.8 Å². The Morgan fingerprint density at radius 3 is 2.80 bits per heavy atom. The maximum absolute atomic E-state index is 12.5. The van der Waals surface area contributed by atoms with Crippen molar-refractivity contribution in [1.29, 1.82) is 0 Å². The van der Waals surface area contributed by atoms with Gasteiger partial charge in [0.25, 0.3) is 5.91 Å². The third-order valence-corrected chi connectivity index (χ3v) is 3.67. The Bertz CT molecular complexity index is 616. The molecule has 4 heteroatoms. The second-order valence-corrected chi connectivity index (χ2v) is 5.12. The molecule has 0 atom stereocenters. The van der Waals surface area contributed by atoms with E-state index in [0.717, 1.165) is 41.6 Å². The summed E-state index contributed by atoms with van der Waals surface area (Å²) >= 11 is 0. The molecule has 0 unspecified atom stereocenters. The molecule has 108 valence electrons. The van der Waals surface area contributed by atoms with Crippen molar-refractivity contribution in [3.8, 4) is 5.75 Å². The van der Waals surface area contributed by atoms with Gasteiger partial charge in [0, 0.05) is 30.6 Å². The lowest BCUT2D eigenvalue weighted by atomic mass is 10.1. The van der Waals surface area contributed by atoms with Crippen LogP contribution in [0.25, 0.3) is 10.9 Å². The zero-order valence-corrected chi connectivity index (χ0v) is 12.6. The number of amides is 1. The average molecular weight is 274 g/mol. The molecule has 4 nitrogen and oxygen atoms in total. The number of nitrogens with one attached hydrogen (secondary N) is 1. The molecule has 2 rings (SSSR count). The minimum atomic E-state index is 0.0473. The Kier molecular flexibility index (Phi) is 4.32. The van der Waals surface area contributed by atoms with E-state index in [4.69, 9.17) is 4.74 Å². The van der Waals surface area contributed by atoms with Crippen molar-refractivity contribution in [2.24, 2.45) is 0 Å². The number of aromatic nitrogens is 1. The van der Waals surface area contributed by atoms with E-state index in [1.165, 1.54) is 0 Å². The number of methoxy groups -OCH3 is 1. The van der Waals surface area contributed by atoms with E-state index in [1.54, 1.807) is 12.0 Å². The maximum atomic E-state index is 12.5. The molecule has 0 aliphatic heterocycles. The zero-order chi connectivity index (χ0) is 14.7. The molecule has 1 aromatic heterocycles. The molecule has 20 heavy (non-hydrogen) atoms. The molecule has 1 N–H and O–H groups in total. The summed E-state index contributed by atoms with van der Waals surface area (Å²) in [6.45, 7) is 4.89. The third kappa shape index (κ3) is 2.64. The van der Waals surface area contributed by atoms with Crippen molar-refractivity contribution in [2.45, 2.75) is 26.7 Å². The highest BCUT2D eigenvalue weighted by atomic mass is 16.5. The Hall–Kier alpha value is -1.97. The lowest BCUT2D eigenvalue weighted by Crippen LogP contribution is -2.28. The van der Waals surface area contributed by atoms with Crippen LogP contribution in [0.3, 0.4) is 0 Å². The van der Waals surface area contributed by atoms with Gasteiger partial charge in [0.15, 0.2) is 0 Å². The van der Waals surface area contributed by atoms with Gasteiger partial charge in [-0.3, -0.25) is 4.79 Å². The average Bonchev–Trinajstić information content (AvgIpc) is 2.80. The van der Waals surface area contributed by atoms with Gasteiger partial charge in [-0.1, -0.05) is 13.3 Å². The molecule has 0 radical (unpaired) electrons. The van der Waals surface area contributed by atoms with Crippen molar-refractivity contribution in [1.82, 2.24) is 9.88 Å². The number of aryl methyl sites for hydroxylation is 1. The highest BCUT2D eigenvalue weighted by Gasteiger charge is 2.18. The van der Waals surface area contributed by atoms with E-state index >= 15 is 0 Å². The number of carbonyl (C=O) groups is 1. The van der Waals surface area contributed by atoms with Crippen LogP contribution in [0.1, 0.15) is 35.8 Å². The normalized spacial score (nSPS) is 10.8. The van der Waals surface area contributed by atoms with Crippen LogP contribution in [-0.4, -0.2) is 36.5 Å². The third-order valence-electron chi connectivity index (χ3n) is 3.67. The quantitative estimate of drug-likeness (QED) is 0.908. The van der Waals surface area contributed by atoms with Gasteiger partial charge in [-0.2, -0.15) is 0 Å². The van der Waals surface area contributed by atoms with Gasteiger partial charge in [-0.15, -0.1) is 0 Å². The number of aromatic amines is 1. The summed E-state index contributed by atoms with van der Waals surface area (Å²) in [4.78, 5) is 17.5. The number of nitrogens with zero attached hydrogens (tertiary/aromatic N) is 1. The topological polar surface area (TPSA) is 45.3 Å². The molecule has 0 spiro atoms. The second-order valence-electron chi connectivity index (χ2n) is 5.12. The standard InChI is InChI=1S/C16H22N2O2/c1-5-6-9-18(3)16(19)15-11(2)13-8-7-12(20-4)10-14(13)17-15/h7-8,10,17H,5-6,9H2,1-4H3. The smallest absolute Gasteiger partial charge is 0.270 e. The number of H-pyrrole nitrogens is 1. The predicted molar refractivity (Wildman–Crippen MR) is 81.5 cm³/mol. The second kappa shape index (κ2) is 5.99. The fraction of sp³-hybridized carbons (Fsp3) is 0.438. The molecule has 2 aromatic rings. The van der Waals surface area contributed by atoms with Gasteiger partial charge in [0.1, 0.15) is 11.4 Å². The summed E-state index contributed by atoms with van der Waals surface area (Å²) in [5.74, 6) is 0.836. The Morgan fingerprint density at radius 2 is 2.15 bits per heavy atom. The molecule has 1 aromatic carbocycles. The van der Waals surface area contributed by atoms with E-state index in [1.807, 2.05) is 32.2 Å². The first kappa shape index (κ1) is 14.4. The predicted octanol–water partition coefficient (Wildman–Crippen LogP) is 3.36. The molecular formula is C16H22N2O2. The molecule has 0 saturated carbocycles. The Labute approximate surface area is 119 Å². The number of rotatable bonds is 5. The molecule has 0 saturated heterocycles. The summed E-state index contributed by atoms with van der Waals surface area (Å²) in [6, 6.07) is 5.83. The van der Waals surface area contributed by atoms with Crippen LogP contribution in [0.4, 0.5) is 0 Å². The maximum Gasteiger partial charge on any atom is 0.270 e. The van der Waals surface area contributed by atoms with Gasteiger partial charge < -0.3 is 14.6 Å². The first-order valence-electron chi connectivity index (χ1n) is 7.00. The minimum Gasteiger partial charge on any atom is -0.497 e. The lowest BCUT2D eigenvalue weighted by molar-refractivity contribution is 0.0788. The van der Waals surface area contributed by atoms with Gasteiger partial charge in [-0.25, -0.2) is 0 Å². The zero-order valence-electron chi connectivity index (χ0n) is 12.6. The number of carbonyl (C=O) groups excluding carboxylic acids is 1. The van der Waals surface area contributed by atoms with Crippen LogP contribution in [0.15, 0.2) is 18.2 Å². The van der Waals surface area contributed by atoms with Crippen LogP contribution < -0.4 is 4.74 Å². The SMILES string of the molecule is CCCCN(C)C(=O)c1[nH]c2cc(OC)ccc2c1C. The highest BCUT2D eigenvalue weighted by Crippen LogP contribution is 2.26. The van der Waals surface area contributed by atoms with E-state index in [0.29, 0.717) is 5.69 Å². The monoisotopic (exact) mass is 274 g/mol. The Balaban J connectivity index is 2.34. The molecule has 0 bridgehead atoms. The summed E-state index contributed by atoms with van der Waals surface area (Å²) in [5, 5.41) is 1.07.